The summed E-state index contributed by atoms with van der Waals surface area (Å²) in [4.78, 5) is 14.0. The molecule has 2 aromatic carbocycles. The lowest BCUT2D eigenvalue weighted by Crippen LogP contribution is -2.35. The van der Waals surface area contributed by atoms with Crippen LogP contribution >= 0.6 is 0 Å². The molecule has 0 radical (unpaired) electrons. The first-order valence-electron chi connectivity index (χ1n) is 8.34. The van der Waals surface area contributed by atoms with E-state index in [1.807, 2.05) is 11.9 Å². The van der Waals surface area contributed by atoms with Gasteiger partial charge in [0.2, 0.25) is 5.91 Å². The molecule has 2 aromatic rings. The van der Waals surface area contributed by atoms with Gasteiger partial charge in [-0.2, -0.15) is 0 Å². The largest absolute Gasteiger partial charge is 0.355 e. The first-order valence-corrected chi connectivity index (χ1v) is 8.34. The summed E-state index contributed by atoms with van der Waals surface area (Å²) in [5.41, 5.74) is 3.54. The maximum atomic E-state index is 12.8. The highest BCUT2D eigenvalue weighted by Gasteiger charge is 2.07. The van der Waals surface area contributed by atoms with E-state index in [4.69, 9.17) is 0 Å². The molecule has 0 saturated carbocycles. The predicted molar refractivity (Wildman–Crippen MR) is 95.3 cm³/mol. The Bertz CT molecular complexity index is 638. The van der Waals surface area contributed by atoms with E-state index in [-0.39, 0.29) is 11.7 Å². The highest BCUT2D eigenvalue weighted by molar-refractivity contribution is 5.77. The van der Waals surface area contributed by atoms with Gasteiger partial charge in [0.05, 0.1) is 6.54 Å². The average molecular weight is 328 g/mol. The Kier molecular flexibility index (Phi) is 6.94. The number of amides is 1. The molecule has 0 spiro atoms. The van der Waals surface area contributed by atoms with E-state index in [9.17, 15) is 9.18 Å². The van der Waals surface area contributed by atoms with Gasteiger partial charge in [-0.3, -0.25) is 9.69 Å². The van der Waals surface area contributed by atoms with E-state index >= 15 is 0 Å². The van der Waals surface area contributed by atoms with Gasteiger partial charge in [0.15, 0.2) is 0 Å². The zero-order chi connectivity index (χ0) is 17.4. The number of halogens is 1. The van der Waals surface area contributed by atoms with Gasteiger partial charge < -0.3 is 5.32 Å². The molecule has 3 nitrogen and oxygen atoms in total. The fourth-order valence-electron chi connectivity index (χ4n) is 2.55. The fourth-order valence-corrected chi connectivity index (χ4v) is 2.55. The predicted octanol–water partition coefficient (Wildman–Crippen LogP) is 3.18. The Morgan fingerprint density at radius 2 is 1.58 bits per heavy atom. The summed E-state index contributed by atoms with van der Waals surface area (Å²) in [7, 11) is 1.94. The van der Waals surface area contributed by atoms with Crippen LogP contribution in [0.3, 0.4) is 0 Å². The van der Waals surface area contributed by atoms with Crippen molar-refractivity contribution in [1.29, 1.82) is 0 Å². The standard InChI is InChI=1S/C20H25FN2O/c1-3-16-4-6-18(7-5-16)14-23(2)15-20(24)22-13-12-17-8-10-19(21)11-9-17/h4-11H,3,12-15H2,1-2H3,(H,22,24). The minimum Gasteiger partial charge on any atom is -0.355 e. The van der Waals surface area contributed by atoms with Crippen LogP contribution in [0.25, 0.3) is 0 Å². The lowest BCUT2D eigenvalue weighted by atomic mass is 10.1. The van der Waals surface area contributed by atoms with Gasteiger partial charge >= 0.3 is 0 Å². The molecular formula is C20H25FN2O. The van der Waals surface area contributed by atoms with Gasteiger partial charge in [0.1, 0.15) is 5.82 Å². The van der Waals surface area contributed by atoms with Gasteiger partial charge in [0, 0.05) is 13.1 Å². The number of carbonyl (C=O) groups excluding carboxylic acids is 1. The van der Waals surface area contributed by atoms with Crippen LogP contribution in [-0.4, -0.2) is 30.9 Å². The van der Waals surface area contributed by atoms with Crippen LogP contribution in [0.5, 0.6) is 0 Å². The third-order valence-corrected chi connectivity index (χ3v) is 3.95. The van der Waals surface area contributed by atoms with Crippen molar-refractivity contribution in [1.82, 2.24) is 10.2 Å². The van der Waals surface area contributed by atoms with Crippen molar-refractivity contribution < 1.29 is 9.18 Å². The van der Waals surface area contributed by atoms with Crippen molar-refractivity contribution in [3.63, 3.8) is 0 Å². The molecule has 0 aliphatic rings. The van der Waals surface area contributed by atoms with Crippen LogP contribution in [-0.2, 0) is 24.2 Å². The van der Waals surface area contributed by atoms with Crippen LogP contribution in [0, 0.1) is 5.82 Å². The van der Waals surface area contributed by atoms with E-state index in [1.165, 1.54) is 23.3 Å². The zero-order valence-corrected chi connectivity index (χ0v) is 14.4. The topological polar surface area (TPSA) is 32.3 Å². The molecule has 0 fully saturated rings. The third kappa shape index (κ3) is 6.13. The zero-order valence-electron chi connectivity index (χ0n) is 14.4. The van der Waals surface area contributed by atoms with Crippen molar-refractivity contribution in [2.24, 2.45) is 0 Å². The fraction of sp³-hybridized carbons (Fsp3) is 0.350. The molecular weight excluding hydrogens is 303 g/mol. The molecule has 128 valence electrons. The summed E-state index contributed by atoms with van der Waals surface area (Å²) in [6, 6.07) is 14.9. The number of hydrogen-bond donors (Lipinski definition) is 1. The molecule has 0 heterocycles. The van der Waals surface area contributed by atoms with Crippen molar-refractivity contribution >= 4 is 5.91 Å². The summed E-state index contributed by atoms with van der Waals surface area (Å²) >= 11 is 0. The maximum Gasteiger partial charge on any atom is 0.234 e. The molecule has 0 aromatic heterocycles. The second kappa shape index (κ2) is 9.18. The maximum absolute atomic E-state index is 12.8. The molecule has 0 atom stereocenters. The number of nitrogens with one attached hydrogen (secondary N) is 1. The number of nitrogens with zero attached hydrogens (tertiary/aromatic N) is 1. The van der Waals surface area contributed by atoms with Gasteiger partial charge in [-0.1, -0.05) is 43.3 Å². The number of aryl methyl sites for hydroxylation is 1. The molecule has 2 rings (SSSR count). The first-order chi connectivity index (χ1) is 11.6. The Balaban J connectivity index is 1.69. The second-order valence-corrected chi connectivity index (χ2v) is 6.07. The van der Waals surface area contributed by atoms with Crippen molar-refractivity contribution in [3.05, 3.63) is 71.0 Å². The van der Waals surface area contributed by atoms with E-state index in [1.54, 1.807) is 12.1 Å². The molecule has 1 N–H and O–H groups in total. The van der Waals surface area contributed by atoms with Crippen LogP contribution in [0.4, 0.5) is 4.39 Å². The minimum absolute atomic E-state index is 0.00444. The Labute approximate surface area is 143 Å². The smallest absolute Gasteiger partial charge is 0.234 e. The summed E-state index contributed by atoms with van der Waals surface area (Å²) in [6.07, 6.45) is 1.74. The van der Waals surface area contributed by atoms with E-state index < -0.39 is 0 Å². The van der Waals surface area contributed by atoms with Gasteiger partial charge in [0.25, 0.3) is 0 Å². The van der Waals surface area contributed by atoms with E-state index in [0.29, 0.717) is 19.5 Å². The lowest BCUT2D eigenvalue weighted by Gasteiger charge is -2.16. The van der Waals surface area contributed by atoms with Crippen molar-refractivity contribution in [2.75, 3.05) is 20.1 Å². The monoisotopic (exact) mass is 328 g/mol. The summed E-state index contributed by atoms with van der Waals surface area (Å²) in [5.74, 6) is -0.235. The minimum atomic E-state index is -0.239. The van der Waals surface area contributed by atoms with Crippen LogP contribution in [0.15, 0.2) is 48.5 Å². The van der Waals surface area contributed by atoms with Crippen molar-refractivity contribution in [3.8, 4) is 0 Å². The van der Waals surface area contributed by atoms with Crippen LogP contribution in [0.2, 0.25) is 0 Å². The number of hydrogen-bond acceptors (Lipinski definition) is 2. The molecule has 0 unspecified atom stereocenters. The lowest BCUT2D eigenvalue weighted by molar-refractivity contribution is -0.122. The van der Waals surface area contributed by atoms with E-state index in [2.05, 4.69) is 36.5 Å². The number of carbonyl (C=O) groups is 1. The summed E-state index contributed by atoms with van der Waals surface area (Å²) < 4.78 is 12.8. The first kappa shape index (κ1) is 18.1. The quantitative estimate of drug-likeness (QED) is 0.807. The SMILES string of the molecule is CCc1ccc(CN(C)CC(=O)NCCc2ccc(F)cc2)cc1. The molecule has 0 saturated heterocycles. The number of benzene rings is 2. The molecule has 0 bridgehead atoms. The Morgan fingerprint density at radius 3 is 2.21 bits per heavy atom. The highest BCUT2D eigenvalue weighted by Crippen LogP contribution is 2.07. The third-order valence-electron chi connectivity index (χ3n) is 3.95. The van der Waals surface area contributed by atoms with Crippen LogP contribution < -0.4 is 5.32 Å². The summed E-state index contributed by atoms with van der Waals surface area (Å²) in [5, 5.41) is 2.91. The Hall–Kier alpha value is -2.20. The molecule has 24 heavy (non-hydrogen) atoms. The van der Waals surface area contributed by atoms with Gasteiger partial charge in [-0.15, -0.1) is 0 Å². The average Bonchev–Trinajstić information content (AvgIpc) is 2.57. The van der Waals surface area contributed by atoms with Crippen LogP contribution in [0.1, 0.15) is 23.6 Å². The number of rotatable bonds is 8. The van der Waals surface area contributed by atoms with E-state index in [0.717, 1.165) is 18.5 Å². The van der Waals surface area contributed by atoms with Crippen molar-refractivity contribution in [2.45, 2.75) is 26.3 Å². The number of likely N-dealkylation sites (N-methyl/N-ethyl adjacent to an activating group) is 1. The normalized spacial score (nSPS) is 10.8. The Morgan fingerprint density at radius 1 is 1.00 bits per heavy atom. The van der Waals surface area contributed by atoms with Gasteiger partial charge in [-0.05, 0) is 48.7 Å². The second-order valence-electron chi connectivity index (χ2n) is 6.07. The molecule has 4 heteroatoms. The highest BCUT2D eigenvalue weighted by atomic mass is 19.1. The molecule has 1 amide bonds. The van der Waals surface area contributed by atoms with Gasteiger partial charge in [-0.25, -0.2) is 4.39 Å². The molecule has 0 aliphatic carbocycles. The molecule has 0 aliphatic heterocycles. The summed E-state index contributed by atoms with van der Waals surface area (Å²) in [6.45, 7) is 3.80.